The monoisotopic (exact) mass is 491 g/mol. The van der Waals surface area contributed by atoms with Crippen molar-refractivity contribution < 1.29 is 33.0 Å². The Kier molecular flexibility index (Phi) is 8.53. The molecule has 3 aromatic rings. The van der Waals surface area contributed by atoms with Crippen molar-refractivity contribution >= 4 is 11.9 Å². The smallest absolute Gasteiger partial charge is 0.477 e. The van der Waals surface area contributed by atoms with E-state index in [2.05, 4.69) is 20.4 Å². The molecule has 0 fully saturated rings. The number of fused-ring (bicyclic) bond motifs is 3. The van der Waals surface area contributed by atoms with Crippen LogP contribution in [0.3, 0.4) is 0 Å². The zero-order valence-electron chi connectivity index (χ0n) is 18.6. The van der Waals surface area contributed by atoms with Crippen LogP contribution in [0.2, 0.25) is 0 Å². The van der Waals surface area contributed by atoms with E-state index >= 15 is 0 Å². The zero-order valence-corrected chi connectivity index (χ0v) is 18.6. The number of aromatic carboxylic acids is 1. The molecule has 0 aliphatic heterocycles. The van der Waals surface area contributed by atoms with Crippen LogP contribution in [-0.4, -0.2) is 61.2 Å². The highest BCUT2D eigenvalue weighted by molar-refractivity contribution is 5.90. The van der Waals surface area contributed by atoms with Crippen LogP contribution in [0.1, 0.15) is 33.7 Å². The maximum Gasteiger partial charge on any atom is 0.490 e. The van der Waals surface area contributed by atoms with Gasteiger partial charge in [-0.05, 0) is 49.6 Å². The first-order chi connectivity index (χ1) is 16.7. The molecular weight excluding hydrogens is 467 g/mol. The van der Waals surface area contributed by atoms with E-state index in [4.69, 9.17) is 9.90 Å². The van der Waals surface area contributed by atoms with Crippen molar-refractivity contribution in [3.05, 3.63) is 65.4 Å². The molecule has 12 heteroatoms. The molecular formula is C23H24F3N5O4. The van der Waals surface area contributed by atoms with Gasteiger partial charge in [0.2, 0.25) is 0 Å². The Morgan fingerprint density at radius 1 is 1.09 bits per heavy atom. The summed E-state index contributed by atoms with van der Waals surface area (Å²) in [6, 6.07) is 7.84. The second-order valence-electron chi connectivity index (χ2n) is 7.71. The van der Waals surface area contributed by atoms with E-state index in [0.29, 0.717) is 18.7 Å². The Morgan fingerprint density at radius 3 is 2.51 bits per heavy atom. The van der Waals surface area contributed by atoms with E-state index in [-0.39, 0.29) is 0 Å². The van der Waals surface area contributed by atoms with Gasteiger partial charge >= 0.3 is 18.1 Å². The quantitative estimate of drug-likeness (QED) is 0.410. The summed E-state index contributed by atoms with van der Waals surface area (Å²) >= 11 is 0. The lowest BCUT2D eigenvalue weighted by atomic mass is 9.90. The van der Waals surface area contributed by atoms with Crippen LogP contribution in [0.4, 0.5) is 13.2 Å². The molecule has 3 heterocycles. The molecule has 0 spiro atoms. The first-order valence-corrected chi connectivity index (χ1v) is 10.9. The fourth-order valence-corrected chi connectivity index (χ4v) is 3.71. The fourth-order valence-electron chi connectivity index (χ4n) is 3.71. The number of hydrogen-bond acceptors (Lipinski definition) is 6. The molecule has 0 saturated heterocycles. The zero-order chi connectivity index (χ0) is 25.4. The van der Waals surface area contributed by atoms with Crippen LogP contribution in [0.5, 0.6) is 0 Å². The third-order valence-electron chi connectivity index (χ3n) is 5.31. The van der Waals surface area contributed by atoms with Gasteiger partial charge in [-0.2, -0.15) is 18.3 Å². The lowest BCUT2D eigenvalue weighted by molar-refractivity contribution is -0.192. The van der Waals surface area contributed by atoms with Crippen molar-refractivity contribution in [2.45, 2.75) is 38.4 Å². The molecule has 0 aromatic carbocycles. The summed E-state index contributed by atoms with van der Waals surface area (Å²) in [6.07, 6.45) is 3.49. The number of aromatic nitrogens is 4. The number of aryl methyl sites for hydroxylation is 2. The van der Waals surface area contributed by atoms with E-state index in [1.54, 1.807) is 17.1 Å². The first-order valence-electron chi connectivity index (χ1n) is 10.9. The average molecular weight is 491 g/mol. The summed E-state index contributed by atoms with van der Waals surface area (Å²) in [7, 11) is 0. The molecule has 1 aliphatic carbocycles. The van der Waals surface area contributed by atoms with E-state index in [9.17, 15) is 23.1 Å². The standard InChI is InChI=1S/C21H23N5O2.C2HF3O2/c27-21(28)20-18-6-5-15-14-23-12-8-17(15)19(18)25-26(20)13-3-9-22-11-7-16-4-1-2-10-24-16;3-2(4,5)1(6)7/h1-2,4,8,10,12,14,22H,3,5-7,9,11,13H2,(H,27,28);(H,6,7). The Balaban J connectivity index is 0.000000429. The topological polar surface area (TPSA) is 130 Å². The molecule has 9 nitrogen and oxygen atoms in total. The molecule has 0 amide bonds. The summed E-state index contributed by atoms with van der Waals surface area (Å²) < 4.78 is 33.4. The average Bonchev–Trinajstić information content (AvgIpc) is 3.21. The van der Waals surface area contributed by atoms with Crippen molar-refractivity contribution in [3.63, 3.8) is 0 Å². The molecule has 0 unspecified atom stereocenters. The number of alkyl halides is 3. The van der Waals surface area contributed by atoms with Crippen molar-refractivity contribution in [1.29, 1.82) is 0 Å². The number of carboxylic acids is 2. The molecule has 0 radical (unpaired) electrons. The van der Waals surface area contributed by atoms with E-state index in [1.165, 1.54) is 0 Å². The van der Waals surface area contributed by atoms with Crippen LogP contribution >= 0.6 is 0 Å². The minimum Gasteiger partial charge on any atom is -0.477 e. The van der Waals surface area contributed by atoms with Crippen LogP contribution in [0.15, 0.2) is 42.9 Å². The highest BCUT2D eigenvalue weighted by atomic mass is 19.4. The maximum atomic E-state index is 11.9. The lowest BCUT2D eigenvalue weighted by Crippen LogP contribution is -2.21. The molecule has 35 heavy (non-hydrogen) atoms. The van der Waals surface area contributed by atoms with Gasteiger partial charge in [0.25, 0.3) is 0 Å². The number of halogens is 3. The predicted octanol–water partition coefficient (Wildman–Crippen LogP) is 2.99. The van der Waals surface area contributed by atoms with Crippen LogP contribution in [-0.2, 0) is 30.6 Å². The van der Waals surface area contributed by atoms with Crippen molar-refractivity contribution in [3.8, 4) is 11.3 Å². The molecule has 186 valence electrons. The minimum absolute atomic E-state index is 0.325. The molecule has 4 rings (SSSR count). The van der Waals surface area contributed by atoms with Gasteiger partial charge in [-0.1, -0.05) is 6.07 Å². The fraction of sp³-hybridized carbons (Fsp3) is 0.348. The second kappa shape index (κ2) is 11.6. The Hall–Kier alpha value is -3.80. The normalized spacial score (nSPS) is 12.2. The number of nitrogens with zero attached hydrogens (tertiary/aromatic N) is 4. The molecule has 1 aliphatic rings. The molecule has 0 bridgehead atoms. The van der Waals surface area contributed by atoms with Gasteiger partial charge in [0.15, 0.2) is 0 Å². The number of carboxylic acid groups (broad SMARTS) is 2. The van der Waals surface area contributed by atoms with E-state index in [0.717, 1.165) is 60.4 Å². The Labute approximate surface area is 198 Å². The number of nitrogens with one attached hydrogen (secondary N) is 1. The minimum atomic E-state index is -5.08. The van der Waals surface area contributed by atoms with Gasteiger partial charge in [0.05, 0.1) is 5.69 Å². The summed E-state index contributed by atoms with van der Waals surface area (Å²) in [5.41, 5.74) is 5.17. The third kappa shape index (κ3) is 6.85. The summed E-state index contributed by atoms with van der Waals surface area (Å²) in [5.74, 6) is -3.66. The number of aliphatic carboxylic acids is 1. The van der Waals surface area contributed by atoms with Gasteiger partial charge in [-0.15, -0.1) is 0 Å². The van der Waals surface area contributed by atoms with Gasteiger partial charge in [-0.25, -0.2) is 9.59 Å². The SMILES string of the molecule is O=C(O)C(F)(F)F.O=C(O)c1c2c(nn1CCCNCCc1ccccn1)-c1ccncc1CC2. The van der Waals surface area contributed by atoms with Gasteiger partial charge in [-0.3, -0.25) is 14.6 Å². The maximum absolute atomic E-state index is 11.9. The van der Waals surface area contributed by atoms with Crippen LogP contribution in [0, 0.1) is 0 Å². The van der Waals surface area contributed by atoms with Crippen LogP contribution < -0.4 is 5.32 Å². The highest BCUT2D eigenvalue weighted by Crippen LogP contribution is 2.34. The Bertz CT molecular complexity index is 1170. The highest BCUT2D eigenvalue weighted by Gasteiger charge is 2.38. The predicted molar refractivity (Wildman–Crippen MR) is 119 cm³/mol. The number of rotatable bonds is 8. The molecule has 3 N–H and O–H groups in total. The van der Waals surface area contributed by atoms with Gasteiger partial charge in [0, 0.05) is 54.9 Å². The second-order valence-corrected chi connectivity index (χ2v) is 7.71. The summed E-state index contributed by atoms with van der Waals surface area (Å²) in [5, 5.41) is 24.9. The van der Waals surface area contributed by atoms with Crippen molar-refractivity contribution in [2.75, 3.05) is 13.1 Å². The third-order valence-corrected chi connectivity index (χ3v) is 5.31. The molecule has 3 aromatic heterocycles. The van der Waals surface area contributed by atoms with Crippen LogP contribution in [0.25, 0.3) is 11.3 Å². The van der Waals surface area contributed by atoms with Gasteiger partial charge in [0.1, 0.15) is 5.69 Å². The Morgan fingerprint density at radius 2 is 1.86 bits per heavy atom. The van der Waals surface area contributed by atoms with Crippen molar-refractivity contribution in [1.82, 2.24) is 25.1 Å². The van der Waals surface area contributed by atoms with E-state index in [1.807, 2.05) is 30.5 Å². The number of pyridine rings is 2. The summed E-state index contributed by atoms with van der Waals surface area (Å²) in [6.45, 7) is 2.22. The first kappa shape index (κ1) is 25.8. The number of hydrogen-bond donors (Lipinski definition) is 3. The summed E-state index contributed by atoms with van der Waals surface area (Å²) in [4.78, 5) is 29.2. The molecule has 0 atom stereocenters. The van der Waals surface area contributed by atoms with Gasteiger partial charge < -0.3 is 15.5 Å². The molecule has 0 saturated carbocycles. The number of carbonyl (C=O) groups is 2. The van der Waals surface area contributed by atoms with Crippen molar-refractivity contribution in [2.24, 2.45) is 0 Å². The largest absolute Gasteiger partial charge is 0.490 e. The lowest BCUT2D eigenvalue weighted by Gasteiger charge is -2.14. The van der Waals surface area contributed by atoms with E-state index < -0.39 is 18.1 Å².